The van der Waals surface area contributed by atoms with Crippen molar-refractivity contribution >= 4 is 18.0 Å². The second kappa shape index (κ2) is 11.9. The summed E-state index contributed by atoms with van der Waals surface area (Å²) >= 11 is 0. The van der Waals surface area contributed by atoms with Crippen molar-refractivity contribution in [3.05, 3.63) is 59.7 Å². The van der Waals surface area contributed by atoms with Gasteiger partial charge in [-0.3, -0.25) is 9.59 Å². The quantitative estimate of drug-likeness (QED) is 0.428. The molecule has 0 saturated heterocycles. The van der Waals surface area contributed by atoms with E-state index in [-0.39, 0.29) is 43.2 Å². The van der Waals surface area contributed by atoms with Crippen LogP contribution in [0.25, 0.3) is 11.1 Å². The summed E-state index contributed by atoms with van der Waals surface area (Å²) in [4.78, 5) is 36.6. The summed E-state index contributed by atoms with van der Waals surface area (Å²) in [6, 6.07) is 15.8. The maximum atomic E-state index is 12.7. The number of carbonyl (C=O) groups is 3. The van der Waals surface area contributed by atoms with E-state index in [4.69, 9.17) is 4.74 Å². The third kappa shape index (κ3) is 6.84. The average Bonchev–Trinajstić information content (AvgIpc) is 3.13. The van der Waals surface area contributed by atoms with Gasteiger partial charge < -0.3 is 20.5 Å². The summed E-state index contributed by atoms with van der Waals surface area (Å²) in [5.74, 6) is -1.68. The van der Waals surface area contributed by atoms with Gasteiger partial charge in [0.1, 0.15) is 6.61 Å². The molecule has 7 nitrogen and oxygen atoms in total. The molecule has 3 N–H and O–H groups in total. The van der Waals surface area contributed by atoms with Crippen LogP contribution >= 0.6 is 0 Å². The van der Waals surface area contributed by atoms with Crippen LogP contribution in [0.1, 0.15) is 57.6 Å². The molecule has 188 valence electrons. The van der Waals surface area contributed by atoms with Gasteiger partial charge in [-0.15, -0.1) is 0 Å². The van der Waals surface area contributed by atoms with Gasteiger partial charge in [0, 0.05) is 24.9 Å². The molecule has 0 saturated carbocycles. The van der Waals surface area contributed by atoms with Gasteiger partial charge >= 0.3 is 12.1 Å². The molecule has 0 bridgehead atoms. The van der Waals surface area contributed by atoms with Crippen molar-refractivity contribution < 1.29 is 24.2 Å². The van der Waals surface area contributed by atoms with Crippen LogP contribution < -0.4 is 10.6 Å². The highest BCUT2D eigenvalue weighted by molar-refractivity contribution is 5.80. The third-order valence-electron chi connectivity index (χ3n) is 6.51. The summed E-state index contributed by atoms with van der Waals surface area (Å²) < 4.78 is 5.62. The Morgan fingerprint density at radius 1 is 0.943 bits per heavy atom. The highest BCUT2D eigenvalue weighted by atomic mass is 16.5. The Balaban J connectivity index is 1.55. The molecule has 0 fully saturated rings. The van der Waals surface area contributed by atoms with E-state index in [0.29, 0.717) is 6.42 Å². The van der Waals surface area contributed by atoms with Crippen LogP contribution in [0.2, 0.25) is 0 Å². The molecule has 2 aromatic carbocycles. The maximum Gasteiger partial charge on any atom is 0.407 e. The van der Waals surface area contributed by atoms with Crippen LogP contribution in [-0.4, -0.2) is 42.3 Å². The number of ether oxygens (including phenoxy) is 1. The maximum absolute atomic E-state index is 12.7. The number of nitrogens with one attached hydrogen (secondary N) is 2. The van der Waals surface area contributed by atoms with Crippen molar-refractivity contribution in [3.8, 4) is 11.1 Å². The van der Waals surface area contributed by atoms with Crippen molar-refractivity contribution in [2.24, 2.45) is 17.8 Å². The predicted molar refractivity (Wildman–Crippen MR) is 135 cm³/mol. The molecule has 35 heavy (non-hydrogen) atoms. The molecule has 1 aliphatic rings. The van der Waals surface area contributed by atoms with Gasteiger partial charge in [0.25, 0.3) is 0 Å². The minimum atomic E-state index is -0.920. The van der Waals surface area contributed by atoms with E-state index in [1.165, 1.54) is 0 Å². The highest BCUT2D eigenvalue weighted by Crippen LogP contribution is 2.44. The minimum Gasteiger partial charge on any atom is -0.481 e. The van der Waals surface area contributed by atoms with Gasteiger partial charge in [-0.05, 0) is 40.5 Å². The second-order valence-electron chi connectivity index (χ2n) is 9.99. The van der Waals surface area contributed by atoms with E-state index >= 15 is 0 Å². The highest BCUT2D eigenvalue weighted by Gasteiger charge is 2.30. The van der Waals surface area contributed by atoms with E-state index < -0.39 is 24.0 Å². The number of hydrogen-bond donors (Lipinski definition) is 3. The number of carboxylic acid groups (broad SMARTS) is 1. The van der Waals surface area contributed by atoms with Crippen molar-refractivity contribution in [1.82, 2.24) is 10.6 Å². The molecule has 2 aromatic rings. The number of rotatable bonds is 11. The molecule has 0 aliphatic heterocycles. The summed E-state index contributed by atoms with van der Waals surface area (Å²) in [6.45, 7) is 8.01. The number of alkyl carbamates (subject to hydrolysis) is 1. The monoisotopic (exact) mass is 480 g/mol. The Labute approximate surface area is 207 Å². The largest absolute Gasteiger partial charge is 0.481 e. The fraction of sp³-hybridized carbons (Fsp3) is 0.464. The van der Waals surface area contributed by atoms with Gasteiger partial charge in [-0.1, -0.05) is 76.2 Å². The Kier molecular flexibility index (Phi) is 8.90. The van der Waals surface area contributed by atoms with Crippen molar-refractivity contribution in [2.75, 3.05) is 13.2 Å². The van der Waals surface area contributed by atoms with Gasteiger partial charge in [0.15, 0.2) is 0 Å². The molecule has 0 heterocycles. The fourth-order valence-electron chi connectivity index (χ4n) is 4.59. The first-order valence-electron chi connectivity index (χ1n) is 12.3. The van der Waals surface area contributed by atoms with Gasteiger partial charge in [-0.2, -0.15) is 0 Å². The summed E-state index contributed by atoms with van der Waals surface area (Å²) in [7, 11) is 0. The molecule has 0 spiro atoms. The third-order valence-corrected chi connectivity index (χ3v) is 6.51. The van der Waals surface area contributed by atoms with Gasteiger partial charge in [0.05, 0.1) is 5.92 Å². The average molecular weight is 481 g/mol. The van der Waals surface area contributed by atoms with E-state index in [1.54, 1.807) is 0 Å². The molecular formula is C28H36N2O5. The zero-order chi connectivity index (χ0) is 25.5. The Hall–Kier alpha value is -3.35. The lowest BCUT2D eigenvalue weighted by Crippen LogP contribution is -2.43. The van der Waals surface area contributed by atoms with Crippen molar-refractivity contribution in [1.29, 1.82) is 0 Å². The van der Waals surface area contributed by atoms with Crippen LogP contribution in [0, 0.1) is 17.8 Å². The van der Waals surface area contributed by atoms with E-state index in [9.17, 15) is 19.5 Å². The number of carbonyl (C=O) groups excluding carboxylic acids is 2. The molecule has 1 aliphatic carbocycles. The van der Waals surface area contributed by atoms with Gasteiger partial charge in [-0.25, -0.2) is 4.79 Å². The van der Waals surface area contributed by atoms with Crippen LogP contribution in [-0.2, 0) is 14.3 Å². The van der Waals surface area contributed by atoms with Gasteiger partial charge in [0.2, 0.25) is 5.91 Å². The number of benzene rings is 2. The Morgan fingerprint density at radius 2 is 1.51 bits per heavy atom. The summed E-state index contributed by atoms with van der Waals surface area (Å²) in [6.07, 6.45) is -0.0292. The lowest BCUT2D eigenvalue weighted by atomic mass is 9.96. The summed E-state index contributed by atoms with van der Waals surface area (Å²) in [5, 5.41) is 14.9. The standard InChI is InChI=1S/C28H36N2O5/c1-17(2)13-19(27(32)33)15-29-26(31)14-25(18(3)4)30-28(34)35-16-24-22-11-7-5-9-20(22)21-10-6-8-12-23(21)24/h5-12,17-19,24-25H,13-16H2,1-4H3,(H,29,31)(H,30,34)(H,32,33)/t19?,25-/m0/s1. The molecule has 3 rings (SSSR count). The Morgan fingerprint density at radius 3 is 2.03 bits per heavy atom. The smallest absolute Gasteiger partial charge is 0.407 e. The van der Waals surface area contributed by atoms with Crippen LogP contribution in [0.4, 0.5) is 4.79 Å². The van der Waals surface area contributed by atoms with E-state index in [2.05, 4.69) is 34.9 Å². The molecular weight excluding hydrogens is 444 g/mol. The van der Waals surface area contributed by atoms with Crippen LogP contribution in [0.15, 0.2) is 48.5 Å². The SMILES string of the molecule is CC(C)CC(CNC(=O)C[C@H](NC(=O)OCC1c2ccccc2-c2ccccc21)C(C)C)C(=O)O. The lowest BCUT2D eigenvalue weighted by Gasteiger charge is -2.23. The zero-order valence-electron chi connectivity index (χ0n) is 20.9. The molecule has 0 aromatic heterocycles. The topological polar surface area (TPSA) is 105 Å². The van der Waals surface area contributed by atoms with Crippen LogP contribution in [0.3, 0.4) is 0 Å². The first kappa shape index (κ1) is 26.3. The number of hydrogen-bond acceptors (Lipinski definition) is 4. The predicted octanol–water partition coefficient (Wildman–Crippen LogP) is 4.80. The second-order valence-corrected chi connectivity index (χ2v) is 9.99. The number of carboxylic acids is 1. The fourth-order valence-corrected chi connectivity index (χ4v) is 4.59. The first-order valence-corrected chi connectivity index (χ1v) is 12.3. The molecule has 0 radical (unpaired) electrons. The summed E-state index contributed by atoms with van der Waals surface area (Å²) in [5.41, 5.74) is 4.59. The number of amides is 2. The molecule has 2 amide bonds. The number of fused-ring (bicyclic) bond motifs is 3. The van der Waals surface area contributed by atoms with Crippen molar-refractivity contribution in [3.63, 3.8) is 0 Å². The molecule has 2 atom stereocenters. The van der Waals surface area contributed by atoms with Crippen LogP contribution in [0.5, 0.6) is 0 Å². The number of aliphatic carboxylic acids is 1. The lowest BCUT2D eigenvalue weighted by molar-refractivity contribution is -0.142. The molecule has 1 unspecified atom stereocenters. The van der Waals surface area contributed by atoms with Crippen molar-refractivity contribution in [2.45, 2.75) is 52.5 Å². The zero-order valence-corrected chi connectivity index (χ0v) is 20.9. The molecule has 7 heteroatoms. The normalized spacial score (nSPS) is 14.2. The first-order chi connectivity index (χ1) is 16.7. The van der Waals surface area contributed by atoms with E-state index in [1.807, 2.05) is 52.0 Å². The Bertz CT molecular complexity index is 1000. The van der Waals surface area contributed by atoms with E-state index in [0.717, 1.165) is 22.3 Å². The minimum absolute atomic E-state index is 0.00725.